The van der Waals surface area contributed by atoms with Crippen molar-refractivity contribution >= 4 is 5.91 Å². The predicted octanol–water partition coefficient (Wildman–Crippen LogP) is 1.56. The molecular formula is C14H20N2O2. The number of ether oxygens (including phenoxy) is 1. The van der Waals surface area contributed by atoms with Gasteiger partial charge in [0.15, 0.2) is 0 Å². The number of primary amides is 1. The van der Waals surface area contributed by atoms with Crippen molar-refractivity contribution in [1.29, 1.82) is 0 Å². The highest BCUT2D eigenvalue weighted by molar-refractivity contribution is 5.77. The zero-order valence-corrected chi connectivity index (χ0v) is 10.9. The molecule has 0 radical (unpaired) electrons. The summed E-state index contributed by atoms with van der Waals surface area (Å²) < 4.78 is 5.15. The zero-order valence-electron chi connectivity index (χ0n) is 10.9. The van der Waals surface area contributed by atoms with E-state index in [-0.39, 0.29) is 11.8 Å². The third kappa shape index (κ3) is 2.64. The molecule has 1 heterocycles. The lowest BCUT2D eigenvalue weighted by molar-refractivity contribution is -0.121. The topological polar surface area (TPSA) is 55.6 Å². The number of benzene rings is 1. The molecule has 4 nitrogen and oxygen atoms in total. The van der Waals surface area contributed by atoms with Crippen LogP contribution in [0.3, 0.4) is 0 Å². The van der Waals surface area contributed by atoms with Crippen molar-refractivity contribution in [3.63, 3.8) is 0 Å². The highest BCUT2D eigenvalue weighted by Crippen LogP contribution is 2.28. The second kappa shape index (κ2) is 5.40. The molecule has 2 rings (SSSR count). The minimum absolute atomic E-state index is 0.00528. The minimum atomic E-state index is -0.181. The molecule has 1 aliphatic rings. The van der Waals surface area contributed by atoms with Crippen molar-refractivity contribution < 1.29 is 9.53 Å². The number of nitrogens with zero attached hydrogens (tertiary/aromatic N) is 1. The Morgan fingerprint density at radius 2 is 2.11 bits per heavy atom. The molecule has 1 saturated heterocycles. The number of rotatable bonds is 4. The molecule has 1 amide bonds. The fourth-order valence-electron chi connectivity index (χ4n) is 2.46. The van der Waals surface area contributed by atoms with Gasteiger partial charge in [0.05, 0.1) is 13.0 Å². The number of carbonyl (C=O) groups excluding carboxylic acids is 1. The quantitative estimate of drug-likeness (QED) is 0.879. The van der Waals surface area contributed by atoms with Gasteiger partial charge in [-0.3, -0.25) is 9.69 Å². The lowest BCUT2D eigenvalue weighted by atomic mass is 10.1. The summed E-state index contributed by atoms with van der Waals surface area (Å²) in [4.78, 5) is 13.5. The molecule has 0 spiro atoms. The summed E-state index contributed by atoms with van der Waals surface area (Å²) in [5.41, 5.74) is 6.59. The van der Waals surface area contributed by atoms with Crippen LogP contribution in [0, 0.1) is 5.92 Å². The molecule has 1 fully saturated rings. The van der Waals surface area contributed by atoms with E-state index in [0.717, 1.165) is 25.3 Å². The largest absolute Gasteiger partial charge is 0.497 e. The average molecular weight is 248 g/mol. The lowest BCUT2D eigenvalue weighted by Gasteiger charge is -2.24. The third-order valence-corrected chi connectivity index (χ3v) is 3.77. The molecule has 2 N–H and O–H groups in total. The Morgan fingerprint density at radius 1 is 1.44 bits per heavy atom. The Kier molecular flexibility index (Phi) is 3.87. The normalized spacial score (nSPS) is 21.8. The van der Waals surface area contributed by atoms with E-state index in [0.29, 0.717) is 6.04 Å². The highest BCUT2D eigenvalue weighted by atomic mass is 16.5. The van der Waals surface area contributed by atoms with Gasteiger partial charge in [0.2, 0.25) is 5.91 Å². The maximum Gasteiger partial charge on any atom is 0.221 e. The van der Waals surface area contributed by atoms with E-state index in [4.69, 9.17) is 10.5 Å². The van der Waals surface area contributed by atoms with Crippen molar-refractivity contribution in [1.82, 2.24) is 4.90 Å². The van der Waals surface area contributed by atoms with E-state index in [1.807, 2.05) is 12.1 Å². The number of carbonyl (C=O) groups is 1. The van der Waals surface area contributed by atoms with Crippen LogP contribution in [0.2, 0.25) is 0 Å². The van der Waals surface area contributed by atoms with Crippen molar-refractivity contribution in [2.24, 2.45) is 11.7 Å². The number of likely N-dealkylation sites (tertiary alicyclic amines) is 1. The average Bonchev–Trinajstić information content (AvgIpc) is 2.88. The number of methoxy groups -OCH3 is 1. The van der Waals surface area contributed by atoms with Crippen molar-refractivity contribution in [3.05, 3.63) is 29.8 Å². The monoisotopic (exact) mass is 248 g/mol. The van der Waals surface area contributed by atoms with Gasteiger partial charge in [0.1, 0.15) is 5.75 Å². The van der Waals surface area contributed by atoms with Gasteiger partial charge in [0.25, 0.3) is 0 Å². The van der Waals surface area contributed by atoms with Crippen molar-refractivity contribution in [2.75, 3.05) is 20.2 Å². The number of nitrogens with two attached hydrogens (primary N) is 1. The van der Waals surface area contributed by atoms with E-state index < -0.39 is 0 Å². The van der Waals surface area contributed by atoms with E-state index in [9.17, 15) is 4.79 Å². The van der Waals surface area contributed by atoms with Gasteiger partial charge in [-0.05, 0) is 37.6 Å². The number of hydrogen-bond donors (Lipinski definition) is 1. The molecule has 0 bridgehead atoms. The van der Waals surface area contributed by atoms with Crippen LogP contribution in [-0.4, -0.2) is 31.0 Å². The van der Waals surface area contributed by atoms with E-state index in [1.165, 1.54) is 5.56 Å². The molecular weight excluding hydrogens is 228 g/mol. The standard InChI is InChI=1S/C14H20N2O2/c1-10(11-3-5-13(18-2)6-4-11)16-8-7-12(9-16)14(15)17/h3-6,10,12H,7-9H2,1-2H3,(H2,15,17)/t10-,12?/m0/s1. The van der Waals surface area contributed by atoms with Crippen LogP contribution in [-0.2, 0) is 4.79 Å². The molecule has 1 aliphatic heterocycles. The summed E-state index contributed by atoms with van der Waals surface area (Å²) in [6.07, 6.45) is 0.871. The summed E-state index contributed by atoms with van der Waals surface area (Å²) in [5.74, 6) is 0.688. The van der Waals surface area contributed by atoms with E-state index in [1.54, 1.807) is 7.11 Å². The number of hydrogen-bond acceptors (Lipinski definition) is 3. The molecule has 1 unspecified atom stereocenters. The smallest absolute Gasteiger partial charge is 0.221 e. The molecule has 0 saturated carbocycles. The first-order valence-corrected chi connectivity index (χ1v) is 6.29. The summed E-state index contributed by atoms with van der Waals surface area (Å²) in [5, 5.41) is 0. The van der Waals surface area contributed by atoms with Crippen LogP contribution < -0.4 is 10.5 Å². The summed E-state index contributed by atoms with van der Waals surface area (Å²) in [7, 11) is 1.66. The van der Waals surface area contributed by atoms with Gasteiger partial charge in [-0.2, -0.15) is 0 Å². The SMILES string of the molecule is COc1ccc([C@H](C)N2CCC(C(N)=O)C2)cc1. The Labute approximate surface area is 108 Å². The number of amides is 1. The van der Waals surface area contributed by atoms with Crippen LogP contribution in [0.1, 0.15) is 24.9 Å². The van der Waals surface area contributed by atoms with Gasteiger partial charge in [-0.15, -0.1) is 0 Å². The first-order valence-electron chi connectivity index (χ1n) is 6.29. The van der Waals surface area contributed by atoms with Crippen LogP contribution in [0.5, 0.6) is 5.75 Å². The third-order valence-electron chi connectivity index (χ3n) is 3.77. The van der Waals surface area contributed by atoms with Crippen LogP contribution in [0.25, 0.3) is 0 Å². The second-order valence-electron chi connectivity index (χ2n) is 4.83. The van der Waals surface area contributed by atoms with Crippen LogP contribution in [0.15, 0.2) is 24.3 Å². The Balaban J connectivity index is 2.02. The molecule has 98 valence electrons. The lowest BCUT2D eigenvalue weighted by Crippen LogP contribution is -2.29. The highest BCUT2D eigenvalue weighted by Gasteiger charge is 2.29. The maximum absolute atomic E-state index is 11.2. The predicted molar refractivity (Wildman–Crippen MR) is 70.3 cm³/mol. The fourth-order valence-corrected chi connectivity index (χ4v) is 2.46. The maximum atomic E-state index is 11.2. The van der Waals surface area contributed by atoms with Crippen LogP contribution in [0.4, 0.5) is 0 Å². The zero-order chi connectivity index (χ0) is 13.1. The van der Waals surface area contributed by atoms with Gasteiger partial charge >= 0.3 is 0 Å². The molecule has 1 aromatic carbocycles. The summed E-state index contributed by atoms with van der Waals surface area (Å²) in [6.45, 7) is 3.86. The molecule has 1 aromatic rings. The molecule has 18 heavy (non-hydrogen) atoms. The second-order valence-corrected chi connectivity index (χ2v) is 4.83. The first kappa shape index (κ1) is 12.9. The fraction of sp³-hybridized carbons (Fsp3) is 0.500. The van der Waals surface area contributed by atoms with Gasteiger partial charge in [-0.25, -0.2) is 0 Å². The van der Waals surface area contributed by atoms with Crippen LogP contribution >= 0.6 is 0 Å². The van der Waals surface area contributed by atoms with Crippen molar-refractivity contribution in [2.45, 2.75) is 19.4 Å². The summed E-state index contributed by atoms with van der Waals surface area (Å²) in [6, 6.07) is 8.38. The van der Waals surface area contributed by atoms with Gasteiger partial charge in [-0.1, -0.05) is 12.1 Å². The van der Waals surface area contributed by atoms with E-state index >= 15 is 0 Å². The molecule has 2 atom stereocenters. The van der Waals surface area contributed by atoms with Gasteiger partial charge in [0, 0.05) is 12.6 Å². The molecule has 4 heteroatoms. The van der Waals surface area contributed by atoms with Gasteiger partial charge < -0.3 is 10.5 Å². The first-order chi connectivity index (χ1) is 8.61. The molecule has 0 aromatic heterocycles. The van der Waals surface area contributed by atoms with E-state index in [2.05, 4.69) is 24.0 Å². The van der Waals surface area contributed by atoms with Crippen molar-refractivity contribution in [3.8, 4) is 5.75 Å². The minimum Gasteiger partial charge on any atom is -0.497 e. The summed E-state index contributed by atoms with van der Waals surface area (Å²) >= 11 is 0. The Bertz CT molecular complexity index is 416. The Morgan fingerprint density at radius 3 is 2.61 bits per heavy atom. The molecule has 0 aliphatic carbocycles. The Hall–Kier alpha value is -1.55.